The quantitative estimate of drug-likeness (QED) is 0.268. The number of rotatable bonds is 7. The van der Waals surface area contributed by atoms with Gasteiger partial charge in [-0.05, 0) is 56.9 Å². The van der Waals surface area contributed by atoms with E-state index in [1.54, 1.807) is 0 Å². The van der Waals surface area contributed by atoms with Crippen LogP contribution < -0.4 is 10.1 Å². The van der Waals surface area contributed by atoms with Crippen molar-refractivity contribution in [2.24, 2.45) is 4.99 Å². The normalized spacial score (nSPS) is 15.5. The van der Waals surface area contributed by atoms with Gasteiger partial charge in [-0.1, -0.05) is 11.6 Å². The first-order valence-electron chi connectivity index (χ1n) is 9.10. The number of nitrogens with one attached hydrogen (secondary N) is 1. The van der Waals surface area contributed by atoms with Crippen LogP contribution >= 0.6 is 35.6 Å². The smallest absolute Gasteiger partial charge is 0.193 e. The second-order valence-corrected chi connectivity index (χ2v) is 6.66. The summed E-state index contributed by atoms with van der Waals surface area (Å²) in [6, 6.07) is 5.70. The fourth-order valence-corrected chi connectivity index (χ4v) is 3.26. The monoisotopic (exact) mass is 495 g/mol. The van der Waals surface area contributed by atoms with Crippen molar-refractivity contribution >= 4 is 41.5 Å². The second-order valence-electron chi connectivity index (χ2n) is 6.23. The van der Waals surface area contributed by atoms with E-state index in [0.717, 1.165) is 67.8 Å². The van der Waals surface area contributed by atoms with Crippen LogP contribution in [0.3, 0.4) is 0 Å². The molecular formula is C19H31ClIN3O2. The van der Waals surface area contributed by atoms with Crippen LogP contribution in [0.4, 0.5) is 0 Å². The molecule has 0 bridgehead atoms. The highest BCUT2D eigenvalue weighted by Gasteiger charge is 2.21. The first kappa shape index (κ1) is 23.3. The van der Waals surface area contributed by atoms with E-state index in [9.17, 15) is 0 Å². The number of guanidine groups is 1. The summed E-state index contributed by atoms with van der Waals surface area (Å²) < 4.78 is 11.5. The Morgan fingerprint density at radius 3 is 2.69 bits per heavy atom. The van der Waals surface area contributed by atoms with Gasteiger partial charge in [-0.15, -0.1) is 24.0 Å². The van der Waals surface area contributed by atoms with Gasteiger partial charge in [-0.25, -0.2) is 0 Å². The Bertz CT molecular complexity index is 564. The number of halogens is 2. The molecule has 26 heavy (non-hydrogen) atoms. The highest BCUT2D eigenvalue weighted by molar-refractivity contribution is 14.0. The first-order valence-corrected chi connectivity index (χ1v) is 9.48. The highest BCUT2D eigenvalue weighted by Crippen LogP contribution is 2.21. The lowest BCUT2D eigenvalue weighted by Gasteiger charge is -2.34. The van der Waals surface area contributed by atoms with Crippen molar-refractivity contribution in [2.45, 2.75) is 39.2 Å². The minimum Gasteiger partial charge on any atom is -0.493 e. The molecule has 5 nitrogen and oxygen atoms in total. The molecular weight excluding hydrogens is 465 g/mol. The van der Waals surface area contributed by atoms with Gasteiger partial charge in [0, 0.05) is 38.3 Å². The molecule has 0 atom stereocenters. The Hall–Kier alpha value is -0.730. The van der Waals surface area contributed by atoms with Crippen LogP contribution in [-0.2, 0) is 4.74 Å². The van der Waals surface area contributed by atoms with Crippen molar-refractivity contribution in [2.75, 3.05) is 39.9 Å². The average Bonchev–Trinajstić information content (AvgIpc) is 2.61. The molecule has 1 aromatic rings. The maximum absolute atomic E-state index is 5.96. The molecule has 1 N–H and O–H groups in total. The van der Waals surface area contributed by atoms with Gasteiger partial charge in [-0.3, -0.25) is 4.99 Å². The van der Waals surface area contributed by atoms with E-state index in [-0.39, 0.29) is 24.0 Å². The molecule has 0 amide bonds. The lowest BCUT2D eigenvalue weighted by Crippen LogP contribution is -2.47. The average molecular weight is 496 g/mol. The maximum Gasteiger partial charge on any atom is 0.193 e. The van der Waals surface area contributed by atoms with Crippen molar-refractivity contribution in [3.8, 4) is 5.75 Å². The molecule has 0 aromatic heterocycles. The summed E-state index contributed by atoms with van der Waals surface area (Å²) in [5.41, 5.74) is 1.06. The van der Waals surface area contributed by atoms with E-state index >= 15 is 0 Å². The lowest BCUT2D eigenvalue weighted by molar-refractivity contribution is 0.0264. The molecule has 7 heteroatoms. The fraction of sp³-hybridized carbons (Fsp3) is 0.632. The predicted octanol–water partition coefficient (Wildman–Crippen LogP) is 4.11. The van der Waals surface area contributed by atoms with Crippen LogP contribution in [0.1, 0.15) is 31.7 Å². The lowest BCUT2D eigenvalue weighted by atomic mass is 10.1. The molecule has 1 saturated heterocycles. The largest absolute Gasteiger partial charge is 0.493 e. The number of aryl methyl sites for hydroxylation is 1. The second kappa shape index (κ2) is 12.6. The Morgan fingerprint density at radius 2 is 2.08 bits per heavy atom. The van der Waals surface area contributed by atoms with Crippen LogP contribution in [0.5, 0.6) is 5.75 Å². The van der Waals surface area contributed by atoms with Crippen molar-refractivity contribution in [3.05, 3.63) is 28.8 Å². The number of hydrogen-bond acceptors (Lipinski definition) is 3. The molecule has 0 spiro atoms. The van der Waals surface area contributed by atoms with Crippen LogP contribution in [0.15, 0.2) is 23.2 Å². The van der Waals surface area contributed by atoms with E-state index in [1.807, 2.05) is 32.2 Å². The summed E-state index contributed by atoms with van der Waals surface area (Å²) in [5.74, 6) is 1.87. The summed E-state index contributed by atoms with van der Waals surface area (Å²) in [6.07, 6.45) is 3.44. The van der Waals surface area contributed by atoms with Crippen molar-refractivity contribution < 1.29 is 9.47 Å². The minimum absolute atomic E-state index is 0. The molecule has 1 aliphatic rings. The fourth-order valence-electron chi connectivity index (χ4n) is 3.03. The highest BCUT2D eigenvalue weighted by atomic mass is 127. The van der Waals surface area contributed by atoms with E-state index in [4.69, 9.17) is 21.1 Å². The van der Waals surface area contributed by atoms with Gasteiger partial charge in [0.2, 0.25) is 0 Å². The Kier molecular flexibility index (Phi) is 11.3. The zero-order chi connectivity index (χ0) is 18.1. The number of nitrogens with zero attached hydrogens (tertiary/aromatic N) is 2. The number of hydrogen-bond donors (Lipinski definition) is 1. The first-order chi connectivity index (χ1) is 12.1. The van der Waals surface area contributed by atoms with Crippen molar-refractivity contribution in [1.29, 1.82) is 0 Å². The van der Waals surface area contributed by atoms with Gasteiger partial charge < -0.3 is 19.7 Å². The summed E-state index contributed by atoms with van der Waals surface area (Å²) in [5, 5.41) is 4.17. The van der Waals surface area contributed by atoms with Gasteiger partial charge in [-0.2, -0.15) is 0 Å². The minimum atomic E-state index is 0. The number of aliphatic imine (C=N–C) groups is 1. The summed E-state index contributed by atoms with van der Waals surface area (Å²) in [4.78, 5) is 6.70. The topological polar surface area (TPSA) is 46.1 Å². The Morgan fingerprint density at radius 1 is 1.35 bits per heavy atom. The van der Waals surface area contributed by atoms with Crippen LogP contribution in [0.2, 0.25) is 5.02 Å². The maximum atomic E-state index is 5.96. The van der Waals surface area contributed by atoms with Crippen LogP contribution in [-0.4, -0.2) is 56.9 Å². The number of likely N-dealkylation sites (tertiary alicyclic amines) is 1. The zero-order valence-corrected chi connectivity index (χ0v) is 19.0. The van der Waals surface area contributed by atoms with Gasteiger partial charge in [0.25, 0.3) is 0 Å². The van der Waals surface area contributed by atoms with E-state index in [0.29, 0.717) is 12.7 Å². The van der Waals surface area contributed by atoms with Gasteiger partial charge in [0.05, 0.1) is 12.7 Å². The predicted molar refractivity (Wildman–Crippen MR) is 119 cm³/mol. The zero-order valence-electron chi connectivity index (χ0n) is 16.0. The molecule has 148 valence electrons. The van der Waals surface area contributed by atoms with Crippen LogP contribution in [0, 0.1) is 6.92 Å². The standard InChI is InChI=1S/C19H30ClN3O2.HI/c1-4-24-17-8-11-23(12-9-17)19(21-3)22-10-5-13-25-18-7-6-16(20)14-15(18)2;/h6-7,14,17H,4-5,8-13H2,1-3H3,(H,21,22);1H. The third-order valence-corrected chi connectivity index (χ3v) is 4.59. The number of ether oxygens (including phenoxy) is 2. The van der Waals surface area contributed by atoms with E-state index < -0.39 is 0 Å². The summed E-state index contributed by atoms with van der Waals surface area (Å²) >= 11 is 5.96. The molecule has 1 fully saturated rings. The number of benzene rings is 1. The Balaban J connectivity index is 0.00000338. The van der Waals surface area contributed by atoms with Gasteiger partial charge in [0.15, 0.2) is 5.96 Å². The van der Waals surface area contributed by atoms with E-state index in [2.05, 4.69) is 22.1 Å². The summed E-state index contributed by atoms with van der Waals surface area (Å²) in [7, 11) is 1.84. The molecule has 0 radical (unpaired) electrons. The third-order valence-electron chi connectivity index (χ3n) is 4.35. The molecule has 2 rings (SSSR count). The van der Waals surface area contributed by atoms with Crippen molar-refractivity contribution in [1.82, 2.24) is 10.2 Å². The third kappa shape index (κ3) is 7.48. The van der Waals surface area contributed by atoms with Gasteiger partial charge >= 0.3 is 0 Å². The summed E-state index contributed by atoms with van der Waals surface area (Å²) in [6.45, 7) is 8.34. The van der Waals surface area contributed by atoms with Gasteiger partial charge in [0.1, 0.15) is 5.75 Å². The molecule has 0 unspecified atom stereocenters. The molecule has 1 aromatic carbocycles. The molecule has 0 aliphatic carbocycles. The molecule has 0 saturated carbocycles. The van der Waals surface area contributed by atoms with Crippen molar-refractivity contribution in [3.63, 3.8) is 0 Å². The van der Waals surface area contributed by atoms with E-state index in [1.165, 1.54) is 0 Å². The number of piperidine rings is 1. The SMILES string of the molecule is CCOC1CCN(C(=NC)NCCCOc2ccc(Cl)cc2C)CC1.I. The van der Waals surface area contributed by atoms with Crippen LogP contribution in [0.25, 0.3) is 0 Å². The molecule has 1 aliphatic heterocycles. The molecule has 1 heterocycles. The Labute approximate surface area is 179 Å².